The second-order valence-electron chi connectivity index (χ2n) is 7.74. The molecule has 3 rings (SSSR count). The number of H-pyrrole nitrogens is 1. The number of hydrogen-bond donors (Lipinski definition) is 2. The Balaban J connectivity index is 1.83. The van der Waals surface area contributed by atoms with Crippen molar-refractivity contribution in [3.05, 3.63) is 70.0 Å². The molecule has 1 unspecified atom stereocenters. The molecule has 2 N–H and O–H groups in total. The van der Waals surface area contributed by atoms with E-state index in [4.69, 9.17) is 9.47 Å². The molecule has 0 saturated heterocycles. The number of aromatic nitrogens is 3. The van der Waals surface area contributed by atoms with Gasteiger partial charge in [0.1, 0.15) is 17.1 Å². The zero-order valence-electron chi connectivity index (χ0n) is 19.4. The van der Waals surface area contributed by atoms with Gasteiger partial charge in [0.25, 0.3) is 11.5 Å². The van der Waals surface area contributed by atoms with E-state index in [1.807, 2.05) is 13.8 Å². The number of halogens is 4. The second-order valence-corrected chi connectivity index (χ2v) is 7.74. The average Bonchev–Trinajstić information content (AvgIpc) is 2.79. The van der Waals surface area contributed by atoms with Crippen molar-refractivity contribution in [2.75, 3.05) is 13.7 Å². The highest BCUT2D eigenvalue weighted by molar-refractivity contribution is 5.92. The third-order valence-corrected chi connectivity index (χ3v) is 4.55. The van der Waals surface area contributed by atoms with Gasteiger partial charge in [-0.2, -0.15) is 0 Å². The molecular weight excluding hydrogens is 488 g/mol. The van der Waals surface area contributed by atoms with Crippen molar-refractivity contribution in [2.24, 2.45) is 0 Å². The first-order valence-electron chi connectivity index (χ1n) is 10.5. The Morgan fingerprint density at radius 3 is 2.50 bits per heavy atom. The van der Waals surface area contributed by atoms with Crippen LogP contribution in [0.2, 0.25) is 0 Å². The van der Waals surface area contributed by atoms with Crippen LogP contribution in [0, 0.1) is 5.82 Å². The van der Waals surface area contributed by atoms with Crippen LogP contribution in [0.15, 0.2) is 47.4 Å². The Bertz CT molecular complexity index is 1260. The van der Waals surface area contributed by atoms with E-state index in [-0.39, 0.29) is 35.5 Å². The number of carbonyl (C=O) groups excluding carboxylic acids is 1. The fourth-order valence-electron chi connectivity index (χ4n) is 3.12. The van der Waals surface area contributed by atoms with Crippen LogP contribution in [-0.2, 0) is 4.74 Å². The van der Waals surface area contributed by atoms with Crippen molar-refractivity contribution in [1.29, 1.82) is 0 Å². The summed E-state index contributed by atoms with van der Waals surface area (Å²) in [5.74, 6) is -2.59. The highest BCUT2D eigenvalue weighted by Crippen LogP contribution is 2.28. The number of benzene rings is 1. The van der Waals surface area contributed by atoms with E-state index in [2.05, 4.69) is 25.0 Å². The fraction of sp³-hybridized carbons (Fsp3) is 0.304. The highest BCUT2D eigenvalue weighted by Gasteiger charge is 2.32. The van der Waals surface area contributed by atoms with E-state index in [0.717, 1.165) is 24.3 Å². The maximum Gasteiger partial charge on any atom is 0.573 e. The number of rotatable bonds is 9. The lowest BCUT2D eigenvalue weighted by Gasteiger charge is -2.19. The number of aromatic amines is 1. The summed E-state index contributed by atoms with van der Waals surface area (Å²) in [5.41, 5.74) is -0.521. The molecule has 9 nitrogen and oxygen atoms in total. The van der Waals surface area contributed by atoms with Crippen LogP contribution in [0.3, 0.4) is 0 Å². The molecule has 0 saturated carbocycles. The molecule has 0 radical (unpaired) electrons. The Labute approximate surface area is 202 Å². The predicted octanol–water partition coefficient (Wildman–Crippen LogP) is 3.77. The van der Waals surface area contributed by atoms with E-state index in [9.17, 15) is 27.2 Å². The molecule has 192 valence electrons. The number of ether oxygens (including phenoxy) is 3. The minimum absolute atomic E-state index is 0.0201. The molecule has 0 aliphatic carbocycles. The van der Waals surface area contributed by atoms with E-state index in [1.54, 1.807) is 12.1 Å². The molecule has 1 amide bonds. The summed E-state index contributed by atoms with van der Waals surface area (Å²) in [6, 6.07) is 5.88. The third kappa shape index (κ3) is 7.25. The number of hydrogen-bond acceptors (Lipinski definition) is 7. The number of carbonyl (C=O) groups is 1. The second kappa shape index (κ2) is 11.2. The topological polar surface area (TPSA) is 115 Å². The van der Waals surface area contributed by atoms with Crippen LogP contribution in [0.5, 0.6) is 11.5 Å². The number of alkyl halides is 3. The summed E-state index contributed by atoms with van der Waals surface area (Å²) < 4.78 is 65.6. The molecule has 1 atom stereocenters. The fourth-order valence-corrected chi connectivity index (χ4v) is 3.12. The molecule has 0 fully saturated rings. The van der Waals surface area contributed by atoms with Crippen LogP contribution in [-0.4, -0.2) is 47.0 Å². The average molecular weight is 510 g/mol. The number of nitrogens with zero attached hydrogens (tertiary/aromatic N) is 2. The van der Waals surface area contributed by atoms with Crippen LogP contribution < -0.4 is 20.3 Å². The zero-order chi connectivity index (χ0) is 26.5. The molecule has 2 heterocycles. The molecule has 3 aromatic rings. The lowest BCUT2D eigenvalue weighted by molar-refractivity contribution is -0.275. The highest BCUT2D eigenvalue weighted by atomic mass is 19.4. The number of pyridine rings is 1. The lowest BCUT2D eigenvalue weighted by atomic mass is 10.1. The molecule has 36 heavy (non-hydrogen) atoms. The van der Waals surface area contributed by atoms with E-state index in [1.165, 1.54) is 13.3 Å². The predicted molar refractivity (Wildman–Crippen MR) is 119 cm³/mol. The van der Waals surface area contributed by atoms with Gasteiger partial charge in [-0.15, -0.1) is 13.2 Å². The van der Waals surface area contributed by atoms with Gasteiger partial charge in [0, 0.05) is 13.2 Å². The third-order valence-electron chi connectivity index (χ3n) is 4.55. The monoisotopic (exact) mass is 510 g/mol. The SMILES string of the molecule is COCC(NC(=O)c1cc(=O)[nH]c(-c2ccc(OC(C)C)cn2)n1)c1ccc(OC(F)(F)F)c(F)c1. The largest absolute Gasteiger partial charge is 0.573 e. The number of amides is 1. The summed E-state index contributed by atoms with van der Waals surface area (Å²) in [5, 5.41) is 2.53. The molecule has 2 aromatic heterocycles. The van der Waals surface area contributed by atoms with E-state index in [0.29, 0.717) is 5.75 Å². The van der Waals surface area contributed by atoms with Crippen LogP contribution in [0.25, 0.3) is 11.5 Å². The smallest absolute Gasteiger partial charge is 0.489 e. The molecule has 0 aliphatic rings. The van der Waals surface area contributed by atoms with Crippen molar-refractivity contribution < 1.29 is 36.6 Å². The van der Waals surface area contributed by atoms with Gasteiger partial charge in [0.15, 0.2) is 17.4 Å². The van der Waals surface area contributed by atoms with Crippen LogP contribution in [0.1, 0.15) is 35.9 Å². The van der Waals surface area contributed by atoms with Gasteiger partial charge in [-0.05, 0) is 43.7 Å². The number of methoxy groups -OCH3 is 1. The first kappa shape index (κ1) is 26.6. The Morgan fingerprint density at radius 1 is 1.17 bits per heavy atom. The lowest BCUT2D eigenvalue weighted by Crippen LogP contribution is -2.33. The van der Waals surface area contributed by atoms with Crippen molar-refractivity contribution in [3.8, 4) is 23.0 Å². The van der Waals surface area contributed by atoms with E-state index < -0.39 is 35.4 Å². The van der Waals surface area contributed by atoms with Gasteiger partial charge in [-0.25, -0.2) is 14.4 Å². The first-order valence-corrected chi connectivity index (χ1v) is 10.5. The van der Waals surface area contributed by atoms with E-state index >= 15 is 0 Å². The summed E-state index contributed by atoms with van der Waals surface area (Å²) >= 11 is 0. The van der Waals surface area contributed by atoms with Crippen molar-refractivity contribution >= 4 is 5.91 Å². The summed E-state index contributed by atoms with van der Waals surface area (Å²) in [6.07, 6.45) is -3.69. The maximum absolute atomic E-state index is 14.2. The maximum atomic E-state index is 14.2. The Hall–Kier alpha value is -4.00. The molecule has 1 aromatic carbocycles. The normalized spacial score (nSPS) is 12.3. The van der Waals surface area contributed by atoms with Gasteiger partial charge >= 0.3 is 6.36 Å². The van der Waals surface area contributed by atoms with Crippen molar-refractivity contribution in [1.82, 2.24) is 20.3 Å². The Kier molecular flexibility index (Phi) is 8.25. The van der Waals surface area contributed by atoms with Gasteiger partial charge in [-0.3, -0.25) is 9.59 Å². The minimum atomic E-state index is -5.07. The van der Waals surface area contributed by atoms with Crippen molar-refractivity contribution in [2.45, 2.75) is 32.4 Å². The summed E-state index contributed by atoms with van der Waals surface area (Å²) in [7, 11) is 1.32. The van der Waals surface area contributed by atoms with Crippen molar-refractivity contribution in [3.63, 3.8) is 0 Å². The first-order chi connectivity index (χ1) is 16.9. The minimum Gasteiger partial charge on any atom is -0.489 e. The molecular formula is C23H22F4N4O5. The molecule has 0 bridgehead atoms. The Morgan fingerprint density at radius 2 is 1.92 bits per heavy atom. The van der Waals surface area contributed by atoms with Gasteiger partial charge < -0.3 is 24.5 Å². The number of nitrogens with one attached hydrogen (secondary N) is 2. The van der Waals surface area contributed by atoms with Crippen LogP contribution >= 0.6 is 0 Å². The quantitative estimate of drug-likeness (QED) is 0.421. The standard InChI is InChI=1S/C23H22F4N4O5/c1-12(2)35-14-5-6-16(28-10-14)21-29-17(9-20(32)31-21)22(33)30-18(11-34-3)13-4-7-19(15(24)8-13)36-23(25,26)27/h4-10,12,18H,11H2,1-3H3,(H,30,33)(H,29,31,32). The van der Waals surface area contributed by atoms with Gasteiger partial charge in [0.2, 0.25) is 0 Å². The zero-order valence-corrected chi connectivity index (χ0v) is 19.4. The van der Waals surface area contributed by atoms with Gasteiger partial charge in [-0.1, -0.05) is 6.07 Å². The molecule has 0 spiro atoms. The summed E-state index contributed by atoms with van der Waals surface area (Å²) in [6.45, 7) is 3.55. The van der Waals surface area contributed by atoms with Gasteiger partial charge in [0.05, 0.1) is 24.9 Å². The molecule has 13 heteroatoms. The molecule has 0 aliphatic heterocycles. The summed E-state index contributed by atoms with van der Waals surface area (Å²) in [4.78, 5) is 35.9. The van der Waals surface area contributed by atoms with Crippen LogP contribution in [0.4, 0.5) is 17.6 Å².